The molecule has 0 bridgehead atoms. The van der Waals surface area contributed by atoms with Gasteiger partial charge in [-0.05, 0) is 42.7 Å². The molecule has 0 aliphatic heterocycles. The molecule has 1 N–H and O–H groups in total. The number of hydrogen-bond acceptors (Lipinski definition) is 5. The molecule has 0 aliphatic rings. The molecule has 2 aromatic carbocycles. The molecule has 28 heavy (non-hydrogen) atoms. The highest BCUT2D eigenvalue weighted by atomic mass is 32.2. The second-order valence-electron chi connectivity index (χ2n) is 5.88. The Hall–Kier alpha value is -2.69. The number of nitrogens with one attached hydrogen (secondary N) is 1. The number of carbonyl (C=O) groups is 1. The molecule has 0 fully saturated rings. The van der Waals surface area contributed by atoms with Crippen LogP contribution in [0.5, 0.6) is 0 Å². The van der Waals surface area contributed by atoms with E-state index < -0.39 is 40.1 Å². The number of aryl methyl sites for hydroxylation is 1. The molecule has 0 spiro atoms. The third kappa shape index (κ3) is 4.24. The van der Waals surface area contributed by atoms with Crippen LogP contribution in [0.2, 0.25) is 0 Å². The summed E-state index contributed by atoms with van der Waals surface area (Å²) in [7, 11) is 0. The van der Waals surface area contributed by atoms with Crippen LogP contribution in [0.25, 0.3) is 10.9 Å². The maximum atomic E-state index is 14.8. The highest BCUT2D eigenvalue weighted by Crippen LogP contribution is 2.25. The van der Waals surface area contributed by atoms with Crippen molar-refractivity contribution in [3.05, 3.63) is 70.9 Å². The van der Waals surface area contributed by atoms with Crippen LogP contribution >= 0.6 is 0 Å². The predicted molar refractivity (Wildman–Crippen MR) is 94.5 cm³/mol. The first kappa shape index (κ1) is 20.1. The van der Waals surface area contributed by atoms with E-state index in [1.807, 2.05) is 0 Å². The third-order valence-electron chi connectivity index (χ3n) is 4.07. The maximum Gasteiger partial charge on any atom is 0.199 e. The van der Waals surface area contributed by atoms with Gasteiger partial charge in [-0.2, -0.15) is 0 Å². The molecule has 0 saturated heterocycles. The van der Waals surface area contributed by atoms with Gasteiger partial charge in [0.1, 0.15) is 12.1 Å². The third-order valence-corrected chi connectivity index (χ3v) is 4.51. The largest absolute Gasteiger partial charge is 0.760 e. The molecule has 1 heterocycles. The van der Waals surface area contributed by atoms with Crippen molar-refractivity contribution in [1.82, 2.24) is 14.7 Å². The minimum absolute atomic E-state index is 0.0114. The molecule has 1 aromatic heterocycles. The Bertz CT molecular complexity index is 1080. The van der Waals surface area contributed by atoms with Crippen molar-refractivity contribution in [2.24, 2.45) is 0 Å². The van der Waals surface area contributed by atoms with E-state index in [0.29, 0.717) is 17.0 Å². The summed E-state index contributed by atoms with van der Waals surface area (Å²) in [5, 5.41) is 0.488. The van der Waals surface area contributed by atoms with Gasteiger partial charge >= 0.3 is 0 Å². The molecule has 0 saturated carbocycles. The first-order valence-electron chi connectivity index (χ1n) is 8.12. The highest BCUT2D eigenvalue weighted by Gasteiger charge is 2.25. The van der Waals surface area contributed by atoms with Crippen molar-refractivity contribution in [2.75, 3.05) is 6.54 Å². The van der Waals surface area contributed by atoms with Gasteiger partial charge in [-0.15, -0.1) is 0 Å². The lowest BCUT2D eigenvalue weighted by Gasteiger charge is -2.11. The Kier molecular flexibility index (Phi) is 6.12. The van der Waals surface area contributed by atoms with Gasteiger partial charge in [-0.1, -0.05) is 0 Å². The fourth-order valence-corrected chi connectivity index (χ4v) is 3.05. The van der Waals surface area contributed by atoms with Crippen LogP contribution in [0, 0.1) is 17.5 Å². The number of carbonyl (C=O) groups excluding carboxylic acids is 1. The van der Waals surface area contributed by atoms with Gasteiger partial charge < -0.3 is 4.55 Å². The lowest BCUT2D eigenvalue weighted by Crippen LogP contribution is -2.18. The fourth-order valence-electron chi connectivity index (χ4n) is 2.74. The van der Waals surface area contributed by atoms with Crippen LogP contribution in [0.3, 0.4) is 0 Å². The molecule has 0 amide bonds. The van der Waals surface area contributed by atoms with Gasteiger partial charge in [0.2, 0.25) is 0 Å². The first-order chi connectivity index (χ1) is 13.4. The number of hydrogen-bond donors (Lipinski definition) is 1. The van der Waals surface area contributed by atoms with Crippen molar-refractivity contribution < 1.29 is 26.7 Å². The predicted octanol–water partition coefficient (Wildman–Crippen LogP) is 2.59. The van der Waals surface area contributed by atoms with E-state index in [2.05, 4.69) is 14.7 Å². The summed E-state index contributed by atoms with van der Waals surface area (Å²) in [6, 6.07) is 4.88. The maximum absolute atomic E-state index is 14.8. The molecule has 1 atom stereocenters. The van der Waals surface area contributed by atoms with E-state index in [4.69, 9.17) is 0 Å². The van der Waals surface area contributed by atoms with Gasteiger partial charge in [0.05, 0.1) is 11.1 Å². The molecule has 3 aromatic rings. The van der Waals surface area contributed by atoms with Crippen LogP contribution in [0.1, 0.15) is 27.9 Å². The zero-order valence-corrected chi connectivity index (χ0v) is 15.1. The lowest BCUT2D eigenvalue weighted by atomic mass is 9.97. The van der Waals surface area contributed by atoms with E-state index in [-0.39, 0.29) is 30.5 Å². The smallest absolute Gasteiger partial charge is 0.199 e. The van der Waals surface area contributed by atoms with Crippen molar-refractivity contribution >= 4 is 28.0 Å². The second kappa shape index (κ2) is 8.55. The van der Waals surface area contributed by atoms with Gasteiger partial charge in [0.25, 0.3) is 0 Å². The average Bonchev–Trinajstić information content (AvgIpc) is 2.68. The number of halogens is 3. The zero-order chi connectivity index (χ0) is 20.3. The monoisotopic (exact) mass is 408 g/mol. The Morgan fingerprint density at radius 2 is 1.96 bits per heavy atom. The van der Waals surface area contributed by atoms with Gasteiger partial charge in [0.15, 0.2) is 17.4 Å². The Balaban J connectivity index is 1.94. The van der Waals surface area contributed by atoms with Crippen molar-refractivity contribution in [3.8, 4) is 0 Å². The Labute approximate surface area is 160 Å². The van der Waals surface area contributed by atoms with Crippen LogP contribution < -0.4 is 4.72 Å². The number of ketones is 1. The van der Waals surface area contributed by atoms with Crippen LogP contribution in [0.4, 0.5) is 13.2 Å². The van der Waals surface area contributed by atoms with Crippen molar-refractivity contribution in [3.63, 3.8) is 0 Å². The average molecular weight is 408 g/mol. The van der Waals surface area contributed by atoms with Crippen LogP contribution in [-0.2, 0) is 17.7 Å². The molecule has 0 aliphatic carbocycles. The number of nitrogens with zero attached hydrogens (tertiary/aromatic N) is 2. The summed E-state index contributed by atoms with van der Waals surface area (Å²) < 4.78 is 65.9. The zero-order valence-electron chi connectivity index (χ0n) is 14.2. The summed E-state index contributed by atoms with van der Waals surface area (Å²) in [5.74, 6) is -5.12. The Morgan fingerprint density at radius 1 is 1.18 bits per heavy atom. The Morgan fingerprint density at radius 3 is 2.71 bits per heavy atom. The molecular weight excluding hydrogens is 395 g/mol. The number of fused-ring (bicyclic) bond motifs is 1. The number of rotatable bonds is 7. The van der Waals surface area contributed by atoms with Gasteiger partial charge in [0, 0.05) is 35.0 Å². The van der Waals surface area contributed by atoms with Crippen molar-refractivity contribution in [1.29, 1.82) is 0 Å². The standard InChI is InChI=1S/C18H14F3N3O3S/c19-13-7-10(2-1-5-24-28(26)27)16(20)15(17(13)21)18(25)11-3-4-14-12(6-11)8-22-9-23-14/h3-4,6-9,24H,1-2,5H2,(H,26,27)/p-1. The van der Waals surface area contributed by atoms with E-state index in [1.54, 1.807) is 0 Å². The van der Waals surface area contributed by atoms with E-state index in [0.717, 1.165) is 0 Å². The quantitative estimate of drug-likeness (QED) is 0.281. The fraction of sp³-hybridized carbons (Fsp3) is 0.167. The highest BCUT2D eigenvalue weighted by molar-refractivity contribution is 7.77. The molecule has 3 rings (SSSR count). The van der Waals surface area contributed by atoms with E-state index >= 15 is 0 Å². The minimum Gasteiger partial charge on any atom is -0.760 e. The number of benzene rings is 2. The van der Waals surface area contributed by atoms with Gasteiger partial charge in [-0.25, -0.2) is 27.9 Å². The minimum atomic E-state index is -2.48. The van der Waals surface area contributed by atoms with E-state index in [9.17, 15) is 26.7 Å². The lowest BCUT2D eigenvalue weighted by molar-refractivity contribution is 0.102. The van der Waals surface area contributed by atoms with Crippen molar-refractivity contribution in [2.45, 2.75) is 12.8 Å². The summed E-state index contributed by atoms with van der Waals surface area (Å²) >= 11 is -2.48. The first-order valence-corrected chi connectivity index (χ1v) is 9.19. The normalized spacial score (nSPS) is 12.3. The summed E-state index contributed by atoms with van der Waals surface area (Å²) in [4.78, 5) is 20.5. The van der Waals surface area contributed by atoms with Crippen LogP contribution in [0.15, 0.2) is 36.8 Å². The topological polar surface area (TPSA) is 95.0 Å². The summed E-state index contributed by atoms with van der Waals surface area (Å²) in [6.45, 7) is -0.0114. The molecule has 0 radical (unpaired) electrons. The second-order valence-corrected chi connectivity index (χ2v) is 6.64. The number of aromatic nitrogens is 2. The van der Waals surface area contributed by atoms with E-state index in [1.165, 1.54) is 30.7 Å². The van der Waals surface area contributed by atoms with Crippen LogP contribution in [-0.4, -0.2) is 31.1 Å². The molecule has 146 valence electrons. The SMILES string of the molecule is O=C(c1ccc2ncncc2c1)c1c(F)c(F)cc(CCCNS(=O)[O-])c1F. The molecule has 1 unspecified atom stereocenters. The summed E-state index contributed by atoms with van der Waals surface area (Å²) in [6.07, 6.45) is 2.81. The molecule has 10 heteroatoms. The molecular formula is C18H13F3N3O3S-. The van der Waals surface area contributed by atoms with Gasteiger partial charge in [-0.3, -0.25) is 9.00 Å². The summed E-state index contributed by atoms with van der Waals surface area (Å²) in [5.41, 5.74) is -0.716. The molecule has 6 nitrogen and oxygen atoms in total.